The average molecular weight is 574 g/mol. The first-order valence-corrected chi connectivity index (χ1v) is 13.5. The minimum absolute atomic E-state index is 0.00226. The van der Waals surface area contributed by atoms with Crippen molar-refractivity contribution in [2.24, 2.45) is 28.9 Å². The van der Waals surface area contributed by atoms with Crippen LogP contribution >= 0.6 is 0 Å². The quantitative estimate of drug-likeness (QED) is 0.398. The molecule has 226 valence electrons. The number of alkyl halides is 3. The van der Waals surface area contributed by atoms with Gasteiger partial charge in [0.1, 0.15) is 6.04 Å². The Kier molecular flexibility index (Phi) is 10.3. The Morgan fingerprint density at radius 2 is 1.77 bits per heavy atom. The number of likely N-dealkylation sites (tertiary alicyclic amines) is 1. The fourth-order valence-corrected chi connectivity index (χ4v) is 5.53. The lowest BCUT2D eigenvalue weighted by molar-refractivity contribution is -0.169. The number of nitrogens with one attached hydrogen (secondary N) is 2. The number of hydrogen-bond donors (Lipinski definition) is 3. The number of halogens is 3. The number of carbonyl (C=O) groups excluding carboxylic acids is 4. The Labute approximate surface area is 233 Å². The minimum atomic E-state index is -4.86. The lowest BCUT2D eigenvalue weighted by atomic mass is 9.96. The fraction of sp³-hybridized carbons (Fsp3) is 0.815. The number of piperidine rings is 1. The van der Waals surface area contributed by atoms with Gasteiger partial charge in [0, 0.05) is 24.5 Å². The van der Waals surface area contributed by atoms with Crippen molar-refractivity contribution in [1.29, 1.82) is 5.26 Å². The van der Waals surface area contributed by atoms with Crippen LogP contribution in [0, 0.1) is 34.5 Å². The first kappa shape index (κ1) is 33.3. The van der Waals surface area contributed by atoms with Gasteiger partial charge in [-0.3, -0.25) is 19.2 Å². The van der Waals surface area contributed by atoms with Crippen LogP contribution in [0.5, 0.6) is 0 Å². The fourth-order valence-electron chi connectivity index (χ4n) is 5.53. The van der Waals surface area contributed by atoms with Crippen LogP contribution in [-0.2, 0) is 23.9 Å². The van der Waals surface area contributed by atoms with E-state index >= 15 is 0 Å². The van der Waals surface area contributed by atoms with Crippen molar-refractivity contribution in [3.8, 4) is 6.07 Å². The number of fused-ring (bicyclic) bond motifs is 1. The summed E-state index contributed by atoms with van der Waals surface area (Å²) in [5.74, 6) is -0.618. The van der Waals surface area contributed by atoms with E-state index in [2.05, 4.69) is 30.2 Å². The molecule has 2 heterocycles. The number of ether oxygens (including phenoxy) is 1. The van der Waals surface area contributed by atoms with Crippen molar-refractivity contribution in [3.63, 3.8) is 0 Å². The summed E-state index contributed by atoms with van der Waals surface area (Å²) < 4.78 is 37.9. The number of rotatable bonds is 7. The number of nitrogens with zero attached hydrogens (tertiary/aromatic N) is 2. The maximum absolute atomic E-state index is 12.2. The molecule has 2 saturated carbocycles. The third kappa shape index (κ3) is 9.35. The highest BCUT2D eigenvalue weighted by molar-refractivity contribution is 5.83. The zero-order valence-corrected chi connectivity index (χ0v) is 24.1. The Morgan fingerprint density at radius 1 is 1.25 bits per heavy atom. The molecule has 4 rings (SSSR count). The topological polar surface area (TPSA) is 155 Å². The highest BCUT2D eigenvalue weighted by Gasteiger charge is 2.62. The molecule has 5 atom stereocenters. The van der Waals surface area contributed by atoms with E-state index in [1.54, 1.807) is 0 Å². The first-order valence-electron chi connectivity index (χ1n) is 13.5. The summed E-state index contributed by atoms with van der Waals surface area (Å²) in [5.41, 5.74) is 4.15. The maximum atomic E-state index is 12.2. The summed E-state index contributed by atoms with van der Waals surface area (Å²) in [6.45, 7) is 14.6. The molecule has 2 aliphatic carbocycles. The van der Waals surface area contributed by atoms with Crippen molar-refractivity contribution in [1.82, 2.24) is 15.5 Å². The second-order valence-electron chi connectivity index (χ2n) is 12.8. The standard InChI is InChI=1S/C15H27NO2.C10H13N3O2.C2H2F3NO/c1-10(18-14(2,3)4)7-13(17)16-8-11-12(9-16)15(11,5)6;11-5-8(12-6-14)3-7-4-10(1-2-10)13-9(7)15;3-2(4,5)1(6)7/h10-12H,7-9H2,1-6H3;6-8H,1-4H2,(H,12,14)(H,13,15);(H2,6,7). The van der Waals surface area contributed by atoms with Crippen LogP contribution in [0.2, 0.25) is 0 Å². The van der Waals surface area contributed by atoms with Crippen LogP contribution in [0.15, 0.2) is 0 Å². The van der Waals surface area contributed by atoms with Gasteiger partial charge in [0.15, 0.2) is 0 Å². The van der Waals surface area contributed by atoms with Crippen LogP contribution in [0.25, 0.3) is 0 Å². The molecule has 4 N–H and O–H groups in total. The van der Waals surface area contributed by atoms with Gasteiger partial charge in [-0.15, -0.1) is 0 Å². The molecule has 0 aromatic rings. The summed E-state index contributed by atoms with van der Waals surface area (Å²) in [5, 5.41) is 14.1. The van der Waals surface area contributed by atoms with Gasteiger partial charge in [0.05, 0.1) is 24.2 Å². The Morgan fingerprint density at radius 3 is 2.15 bits per heavy atom. The molecule has 10 nitrogen and oxygen atoms in total. The number of amides is 4. The molecule has 0 radical (unpaired) electrons. The van der Waals surface area contributed by atoms with Crippen molar-refractivity contribution in [3.05, 3.63) is 0 Å². The van der Waals surface area contributed by atoms with E-state index in [9.17, 15) is 27.6 Å². The highest BCUT2D eigenvalue weighted by Crippen LogP contribution is 2.62. The van der Waals surface area contributed by atoms with Crippen molar-refractivity contribution in [2.75, 3.05) is 13.1 Å². The van der Waals surface area contributed by atoms with Gasteiger partial charge in [-0.25, -0.2) is 0 Å². The van der Waals surface area contributed by atoms with Gasteiger partial charge in [0.2, 0.25) is 18.2 Å². The van der Waals surface area contributed by atoms with Crippen molar-refractivity contribution >= 4 is 24.1 Å². The normalized spacial score (nSPS) is 26.4. The van der Waals surface area contributed by atoms with Gasteiger partial charge in [0.25, 0.3) is 0 Å². The Hall–Kier alpha value is -2.88. The summed E-state index contributed by atoms with van der Waals surface area (Å²) in [7, 11) is 0. The number of hydrogen-bond acceptors (Lipinski definition) is 6. The Bertz CT molecular complexity index is 986. The van der Waals surface area contributed by atoms with E-state index in [1.165, 1.54) is 0 Å². The second kappa shape index (κ2) is 12.3. The zero-order valence-electron chi connectivity index (χ0n) is 24.1. The molecular weight excluding hydrogens is 531 g/mol. The summed E-state index contributed by atoms with van der Waals surface area (Å²) in [4.78, 5) is 45.1. The van der Waals surface area contributed by atoms with E-state index < -0.39 is 18.1 Å². The van der Waals surface area contributed by atoms with Gasteiger partial charge in [-0.2, -0.15) is 18.4 Å². The highest BCUT2D eigenvalue weighted by atomic mass is 19.4. The lowest BCUT2D eigenvalue weighted by Crippen LogP contribution is -2.36. The number of primary amides is 1. The predicted octanol–water partition coefficient (Wildman–Crippen LogP) is 2.41. The van der Waals surface area contributed by atoms with Crippen LogP contribution in [0.4, 0.5) is 13.2 Å². The zero-order chi connectivity index (χ0) is 30.7. The van der Waals surface area contributed by atoms with E-state index in [1.807, 2.05) is 38.7 Å². The molecule has 13 heteroatoms. The monoisotopic (exact) mass is 573 g/mol. The van der Waals surface area contributed by atoms with Crippen LogP contribution < -0.4 is 16.4 Å². The molecular formula is C27H42F3N5O5. The molecule has 4 aliphatic rings. The van der Waals surface area contributed by atoms with Crippen LogP contribution in [0.1, 0.15) is 73.6 Å². The van der Waals surface area contributed by atoms with Crippen LogP contribution in [0.3, 0.4) is 0 Å². The Balaban J connectivity index is 0.000000230. The molecule has 0 bridgehead atoms. The first-order chi connectivity index (χ1) is 18.2. The molecule has 40 heavy (non-hydrogen) atoms. The molecule has 0 aromatic heterocycles. The summed E-state index contributed by atoms with van der Waals surface area (Å²) >= 11 is 0. The molecule has 5 unspecified atom stereocenters. The SMILES string of the molecule is CC(CC(=O)N1CC2C(C1)C2(C)C)OC(C)(C)C.N#CC(CC1CC2(CC2)NC1=O)NC=O.NC(=O)C(F)(F)F. The third-order valence-electron chi connectivity index (χ3n) is 7.97. The van der Waals surface area contributed by atoms with Gasteiger partial charge >= 0.3 is 12.1 Å². The van der Waals surface area contributed by atoms with Gasteiger partial charge in [-0.05, 0) is 70.6 Å². The van der Waals surface area contributed by atoms with Gasteiger partial charge in [-0.1, -0.05) is 13.8 Å². The van der Waals surface area contributed by atoms with E-state index in [0.29, 0.717) is 24.7 Å². The van der Waals surface area contributed by atoms with Crippen molar-refractivity contribution in [2.45, 2.75) is 103 Å². The van der Waals surface area contributed by atoms with E-state index in [4.69, 9.17) is 14.8 Å². The minimum Gasteiger partial charge on any atom is -0.372 e. The smallest absolute Gasteiger partial charge is 0.372 e. The molecule has 2 aliphatic heterocycles. The summed E-state index contributed by atoms with van der Waals surface area (Å²) in [6.07, 6.45) is -0.512. The molecule has 0 aromatic carbocycles. The number of nitriles is 1. The number of carbonyl (C=O) groups is 4. The molecule has 1 spiro atoms. The largest absolute Gasteiger partial charge is 0.470 e. The van der Waals surface area contributed by atoms with Crippen LogP contribution in [-0.4, -0.2) is 71.6 Å². The average Bonchev–Trinajstić information content (AvgIpc) is 3.48. The number of nitrogens with two attached hydrogens (primary N) is 1. The molecule has 2 saturated heterocycles. The van der Waals surface area contributed by atoms with Gasteiger partial charge < -0.3 is 26.0 Å². The molecule has 4 fully saturated rings. The second-order valence-corrected chi connectivity index (χ2v) is 12.8. The van der Waals surface area contributed by atoms with Crippen molar-refractivity contribution < 1.29 is 37.1 Å². The third-order valence-corrected chi connectivity index (χ3v) is 7.97. The predicted molar refractivity (Wildman–Crippen MR) is 139 cm³/mol. The maximum Gasteiger partial charge on any atom is 0.470 e. The summed E-state index contributed by atoms with van der Waals surface area (Å²) in [6, 6.07) is 1.43. The van der Waals surface area contributed by atoms with E-state index in [-0.39, 0.29) is 35.0 Å². The lowest BCUT2D eigenvalue weighted by Gasteiger charge is -2.27. The van der Waals surface area contributed by atoms with E-state index in [0.717, 1.165) is 44.2 Å². The molecule has 4 amide bonds.